The molecule has 0 saturated heterocycles. The quantitative estimate of drug-likeness (QED) is 0.607. The highest BCUT2D eigenvalue weighted by Crippen LogP contribution is 2.18. The van der Waals surface area contributed by atoms with Crippen molar-refractivity contribution >= 4 is 63.8 Å². The molecule has 2 heterocycles. The number of anilines is 1. The summed E-state index contributed by atoms with van der Waals surface area (Å²) in [6.07, 6.45) is 2.79. The van der Waals surface area contributed by atoms with Crippen molar-refractivity contribution in [2.45, 2.75) is 0 Å². The molecule has 2 aromatic heterocycles. The minimum Gasteiger partial charge on any atom is -0.372 e. The second kappa shape index (κ2) is 7.87. The molecule has 0 aromatic carbocycles. The van der Waals surface area contributed by atoms with Crippen molar-refractivity contribution in [3.05, 3.63) is 38.2 Å². The van der Waals surface area contributed by atoms with Crippen LogP contribution < -0.4 is 5.32 Å². The average Bonchev–Trinajstić information content (AvgIpc) is 2.38. The van der Waals surface area contributed by atoms with Crippen LogP contribution in [0.1, 0.15) is 0 Å². The molecule has 0 atom stereocenters. The molecule has 1 N–H and O–H groups in total. The van der Waals surface area contributed by atoms with Gasteiger partial charge in [-0.15, -0.1) is 0 Å². The molecule has 0 fully saturated rings. The van der Waals surface area contributed by atoms with Gasteiger partial charge in [-0.25, -0.2) is 15.0 Å². The number of nitrogens with one attached hydrogen (secondary N) is 1. The van der Waals surface area contributed by atoms with E-state index in [1.807, 2.05) is 0 Å². The first kappa shape index (κ1) is 16.5. The van der Waals surface area contributed by atoms with Crippen molar-refractivity contribution in [2.75, 3.05) is 12.4 Å². The fourth-order valence-electron chi connectivity index (χ4n) is 0.847. The Kier molecular flexibility index (Phi) is 6.82. The van der Waals surface area contributed by atoms with Gasteiger partial charge in [0.15, 0.2) is 5.15 Å². The van der Waals surface area contributed by atoms with E-state index in [0.29, 0.717) is 15.9 Å². The zero-order valence-electron chi connectivity index (χ0n) is 9.33. The van der Waals surface area contributed by atoms with Crippen molar-refractivity contribution < 1.29 is 0 Å². The van der Waals surface area contributed by atoms with Crippen LogP contribution in [0.25, 0.3) is 0 Å². The zero-order valence-corrected chi connectivity index (χ0v) is 13.1. The number of hydrogen-bond acceptors (Lipinski definition) is 5. The minimum atomic E-state index is 0.101. The summed E-state index contributed by atoms with van der Waals surface area (Å²) in [6.45, 7) is 0. The van der Waals surface area contributed by atoms with E-state index in [-0.39, 0.29) is 15.7 Å². The molecule has 2 aromatic rings. The van der Waals surface area contributed by atoms with Gasteiger partial charge in [0.1, 0.15) is 10.8 Å². The molecule has 0 spiro atoms. The van der Waals surface area contributed by atoms with Gasteiger partial charge in [-0.1, -0.05) is 34.8 Å². The normalized spacial score (nSPS) is 9.58. The maximum atomic E-state index is 5.65. The summed E-state index contributed by atoms with van der Waals surface area (Å²) in [7, 11) is 1.71. The summed E-state index contributed by atoms with van der Waals surface area (Å²) in [6, 6.07) is 0. The topological polar surface area (TPSA) is 63.6 Å². The first-order chi connectivity index (χ1) is 8.93. The van der Waals surface area contributed by atoms with Gasteiger partial charge in [-0.2, -0.15) is 4.98 Å². The molecule has 10 heteroatoms. The van der Waals surface area contributed by atoms with Crippen molar-refractivity contribution in [3.8, 4) is 0 Å². The molecule has 2 rings (SSSR count). The van der Waals surface area contributed by atoms with Crippen LogP contribution in [0.3, 0.4) is 0 Å². The molecule has 0 aliphatic carbocycles. The van der Waals surface area contributed by atoms with Crippen molar-refractivity contribution in [3.63, 3.8) is 0 Å². The summed E-state index contributed by atoms with van der Waals surface area (Å²) < 4.78 is 0. The molecule has 102 valence electrons. The van der Waals surface area contributed by atoms with Gasteiger partial charge in [0, 0.05) is 7.05 Å². The maximum Gasteiger partial charge on any atom is 0.224 e. The molecule has 0 saturated carbocycles. The lowest BCUT2D eigenvalue weighted by Gasteiger charge is -1.99. The second-order valence-corrected chi connectivity index (χ2v) is 4.71. The molecule has 5 nitrogen and oxygen atoms in total. The Morgan fingerprint density at radius 1 is 0.842 bits per heavy atom. The Balaban J connectivity index is 0.000000191. The van der Waals surface area contributed by atoms with Gasteiger partial charge in [-0.3, -0.25) is 0 Å². The molecule has 0 aliphatic heterocycles. The van der Waals surface area contributed by atoms with Gasteiger partial charge < -0.3 is 5.32 Å². The zero-order chi connectivity index (χ0) is 14.4. The number of aromatic nitrogens is 4. The average molecular weight is 361 g/mol. The predicted octanol–water partition coefficient (Wildman–Crippen LogP) is 4.26. The molecule has 0 unspecified atom stereocenters. The SMILES string of the molecule is CNc1nc(Cl)ncc1Cl.Clc1ncc(Cl)c(Cl)n1. The predicted molar refractivity (Wildman–Crippen MR) is 78.7 cm³/mol. The summed E-state index contributed by atoms with van der Waals surface area (Å²) >= 11 is 27.4. The van der Waals surface area contributed by atoms with Crippen LogP contribution in [0.2, 0.25) is 25.8 Å². The largest absolute Gasteiger partial charge is 0.372 e. The first-order valence-electron chi connectivity index (χ1n) is 4.63. The summed E-state index contributed by atoms with van der Waals surface area (Å²) in [4.78, 5) is 14.6. The molecular weight excluding hydrogens is 355 g/mol. The third-order valence-corrected chi connectivity index (χ3v) is 2.93. The van der Waals surface area contributed by atoms with Crippen LogP contribution in [0.5, 0.6) is 0 Å². The number of rotatable bonds is 1. The van der Waals surface area contributed by atoms with Crippen molar-refractivity contribution in [2.24, 2.45) is 0 Å². The fraction of sp³-hybridized carbons (Fsp3) is 0.111. The van der Waals surface area contributed by atoms with Gasteiger partial charge in [0.05, 0.1) is 17.4 Å². The van der Waals surface area contributed by atoms with Crippen LogP contribution in [0.15, 0.2) is 12.4 Å². The van der Waals surface area contributed by atoms with E-state index in [2.05, 4.69) is 25.3 Å². The van der Waals surface area contributed by atoms with Gasteiger partial charge >= 0.3 is 0 Å². The van der Waals surface area contributed by atoms with E-state index in [9.17, 15) is 0 Å². The van der Waals surface area contributed by atoms with Crippen molar-refractivity contribution in [1.82, 2.24) is 19.9 Å². The van der Waals surface area contributed by atoms with Crippen molar-refractivity contribution in [1.29, 1.82) is 0 Å². The lowest BCUT2D eigenvalue weighted by atomic mass is 10.6. The van der Waals surface area contributed by atoms with Gasteiger partial charge in [0.2, 0.25) is 10.6 Å². The highest BCUT2D eigenvalue weighted by molar-refractivity contribution is 6.41. The molecule has 0 aliphatic rings. The lowest BCUT2D eigenvalue weighted by Crippen LogP contribution is -1.94. The third-order valence-electron chi connectivity index (χ3n) is 1.62. The van der Waals surface area contributed by atoms with E-state index in [0.717, 1.165) is 0 Å². The van der Waals surface area contributed by atoms with Crippen LogP contribution in [-0.4, -0.2) is 27.0 Å². The Morgan fingerprint density at radius 2 is 1.37 bits per heavy atom. The second-order valence-electron chi connectivity index (χ2n) is 2.86. The highest BCUT2D eigenvalue weighted by atomic mass is 35.5. The molecule has 19 heavy (non-hydrogen) atoms. The van der Waals surface area contributed by atoms with Crippen LogP contribution in [-0.2, 0) is 0 Å². The Bertz CT molecular complexity index is 565. The number of nitrogens with zero attached hydrogens (tertiary/aromatic N) is 4. The number of hydrogen-bond donors (Lipinski definition) is 1. The molecule has 0 amide bonds. The smallest absolute Gasteiger partial charge is 0.224 e. The van der Waals surface area contributed by atoms with Crippen LogP contribution >= 0.6 is 58.0 Å². The molecular formula is C9H6Cl5N5. The summed E-state index contributed by atoms with van der Waals surface area (Å²) in [5.74, 6) is 0.543. The maximum absolute atomic E-state index is 5.65. The third kappa shape index (κ3) is 5.50. The summed E-state index contributed by atoms with van der Waals surface area (Å²) in [5.41, 5.74) is 0. The first-order valence-corrected chi connectivity index (χ1v) is 6.52. The van der Waals surface area contributed by atoms with E-state index in [1.165, 1.54) is 12.4 Å². The standard InChI is InChI=1S/C5H5Cl2N3.C4HCl3N2/c1-8-4-3(6)2-9-5(7)10-4;5-2-1-8-4(7)9-3(2)6/h2H,1H3,(H,8,9,10);1H. The minimum absolute atomic E-state index is 0.101. The van der Waals surface area contributed by atoms with E-state index < -0.39 is 0 Å². The highest BCUT2D eigenvalue weighted by Gasteiger charge is 1.99. The lowest BCUT2D eigenvalue weighted by molar-refractivity contribution is 1.16. The van der Waals surface area contributed by atoms with E-state index in [4.69, 9.17) is 58.0 Å². The Morgan fingerprint density at radius 3 is 1.79 bits per heavy atom. The monoisotopic (exact) mass is 359 g/mol. The molecule has 0 bridgehead atoms. The Hall–Kier alpha value is -0.590. The molecule has 0 radical (unpaired) electrons. The van der Waals surface area contributed by atoms with E-state index >= 15 is 0 Å². The number of halogens is 5. The fourth-order valence-corrected chi connectivity index (χ4v) is 1.56. The van der Waals surface area contributed by atoms with Gasteiger partial charge in [0.25, 0.3) is 0 Å². The van der Waals surface area contributed by atoms with Gasteiger partial charge in [-0.05, 0) is 23.2 Å². The van der Waals surface area contributed by atoms with Crippen LogP contribution in [0.4, 0.5) is 5.82 Å². The van der Waals surface area contributed by atoms with Crippen LogP contribution in [0, 0.1) is 0 Å². The summed E-state index contributed by atoms with van der Waals surface area (Å²) in [5, 5.41) is 4.01. The Labute approximate surface area is 134 Å². The van der Waals surface area contributed by atoms with E-state index in [1.54, 1.807) is 7.05 Å².